The fourth-order valence-corrected chi connectivity index (χ4v) is 5.13. The summed E-state index contributed by atoms with van der Waals surface area (Å²) >= 11 is 0. The topological polar surface area (TPSA) is 56.0 Å². The van der Waals surface area contributed by atoms with Crippen molar-refractivity contribution < 1.29 is 22.4 Å². The summed E-state index contributed by atoms with van der Waals surface area (Å²) < 4.78 is 45.8. The maximum Gasteiger partial charge on any atom is 0.417 e. The Hall–Kier alpha value is -2.18. The number of halogens is 3. The quantitative estimate of drug-likeness (QED) is 0.581. The second kappa shape index (κ2) is 7.26. The monoisotopic (exact) mass is 406 g/mol. The summed E-state index contributed by atoms with van der Waals surface area (Å²) in [7, 11) is 0. The van der Waals surface area contributed by atoms with Gasteiger partial charge in [-0.3, -0.25) is 0 Å². The third-order valence-electron chi connectivity index (χ3n) is 6.98. The summed E-state index contributed by atoms with van der Waals surface area (Å²) in [6, 6.07) is 5.31. The first kappa shape index (κ1) is 20.1. The molecule has 5 rings (SSSR count). The van der Waals surface area contributed by atoms with E-state index in [0.29, 0.717) is 17.7 Å². The van der Waals surface area contributed by atoms with Crippen LogP contribution in [0.4, 0.5) is 13.2 Å². The van der Waals surface area contributed by atoms with E-state index in [-0.39, 0.29) is 22.7 Å². The molecule has 2 aromatic rings. The molecule has 0 atom stereocenters. The average Bonchev–Trinajstić information content (AvgIpc) is 3.19. The van der Waals surface area contributed by atoms with E-state index in [9.17, 15) is 18.0 Å². The van der Waals surface area contributed by atoms with Gasteiger partial charge in [0.1, 0.15) is 5.78 Å². The normalized spacial score (nSPS) is 26.6. The number of hydrogen-bond acceptors (Lipinski definition) is 4. The minimum atomic E-state index is -4.47. The Kier molecular flexibility index (Phi) is 5.03. The zero-order valence-corrected chi connectivity index (χ0v) is 16.5. The molecule has 3 saturated carbocycles. The Labute approximate surface area is 167 Å². The Bertz CT molecular complexity index is 879. The van der Waals surface area contributed by atoms with Crippen molar-refractivity contribution in [3.63, 3.8) is 0 Å². The maximum atomic E-state index is 13.3. The molecule has 7 heteroatoms. The molecule has 0 radical (unpaired) electrons. The first-order valence-electron chi connectivity index (χ1n) is 10.2. The fourth-order valence-electron chi connectivity index (χ4n) is 5.13. The highest BCUT2D eigenvalue weighted by atomic mass is 19.4. The number of hydrogen-bond donors (Lipinski definition) is 0. The van der Waals surface area contributed by atoms with E-state index < -0.39 is 11.7 Å². The number of rotatable bonds is 6. The van der Waals surface area contributed by atoms with Crippen LogP contribution in [0.1, 0.15) is 76.2 Å². The zero-order valence-electron chi connectivity index (χ0n) is 16.5. The predicted molar refractivity (Wildman–Crippen MR) is 101 cm³/mol. The predicted octanol–water partition coefficient (Wildman–Crippen LogP) is 6.11. The molecule has 3 aliphatic carbocycles. The van der Waals surface area contributed by atoms with Crippen LogP contribution in [-0.2, 0) is 16.4 Å². The van der Waals surface area contributed by atoms with E-state index in [1.165, 1.54) is 12.1 Å². The number of alkyl halides is 3. The van der Waals surface area contributed by atoms with Gasteiger partial charge >= 0.3 is 6.18 Å². The zero-order chi connectivity index (χ0) is 20.7. The summed E-state index contributed by atoms with van der Waals surface area (Å²) in [5.41, 5.74) is -0.756. The number of ketones is 1. The average molecular weight is 406 g/mol. The van der Waals surface area contributed by atoms with Crippen molar-refractivity contribution in [2.45, 2.75) is 76.3 Å². The molecule has 0 N–H and O–H groups in total. The molecule has 0 aliphatic heterocycles. The lowest BCUT2D eigenvalue weighted by Gasteiger charge is -2.52. The molecule has 0 spiro atoms. The van der Waals surface area contributed by atoms with E-state index in [1.54, 1.807) is 13.0 Å². The first-order valence-corrected chi connectivity index (χ1v) is 10.2. The molecule has 0 unspecified atom stereocenters. The van der Waals surface area contributed by atoms with Crippen molar-refractivity contribution in [1.29, 1.82) is 0 Å². The molecular formula is C22H25F3N2O2. The molecule has 1 aromatic carbocycles. The molecule has 0 amide bonds. The summed E-state index contributed by atoms with van der Waals surface area (Å²) in [6.45, 7) is 1.63. The van der Waals surface area contributed by atoms with Gasteiger partial charge in [0, 0.05) is 11.8 Å². The van der Waals surface area contributed by atoms with Crippen LogP contribution in [0, 0.1) is 5.41 Å². The van der Waals surface area contributed by atoms with Crippen LogP contribution in [0.5, 0.6) is 0 Å². The van der Waals surface area contributed by atoms with Crippen molar-refractivity contribution in [1.82, 2.24) is 10.2 Å². The standard InChI is InChI=1S/C22H25F3N2O2/c1-15(28)5-4-8-20-9-12-21(13-10-20,14-11-20)19-27-26-18(29-19)16-6-2-3-7-17(16)22(23,24)25/h2-3,6-7H,4-5,8-14H2,1H3. The summed E-state index contributed by atoms with van der Waals surface area (Å²) in [6.07, 6.45) is 4.03. The molecule has 3 aliphatic rings. The summed E-state index contributed by atoms with van der Waals surface area (Å²) in [5, 5.41) is 8.16. The number of aromatic nitrogens is 2. The largest absolute Gasteiger partial charge is 0.420 e. The van der Waals surface area contributed by atoms with Crippen molar-refractivity contribution in [3.05, 3.63) is 35.7 Å². The Balaban J connectivity index is 1.52. The lowest BCUT2D eigenvalue weighted by Crippen LogP contribution is -2.44. The maximum absolute atomic E-state index is 13.3. The van der Waals surface area contributed by atoms with E-state index in [4.69, 9.17) is 4.42 Å². The van der Waals surface area contributed by atoms with Gasteiger partial charge in [-0.15, -0.1) is 10.2 Å². The molecule has 156 valence electrons. The molecule has 1 aromatic heterocycles. The van der Waals surface area contributed by atoms with Crippen LogP contribution in [-0.4, -0.2) is 16.0 Å². The van der Waals surface area contributed by atoms with E-state index in [1.807, 2.05) is 0 Å². The summed E-state index contributed by atoms with van der Waals surface area (Å²) in [5.74, 6) is 0.646. The van der Waals surface area contributed by atoms with Gasteiger partial charge in [0.05, 0.1) is 11.1 Å². The molecule has 2 bridgehead atoms. The number of fused-ring (bicyclic) bond motifs is 3. The van der Waals surface area contributed by atoms with Crippen LogP contribution in [0.15, 0.2) is 28.7 Å². The van der Waals surface area contributed by atoms with Crippen LogP contribution in [0.2, 0.25) is 0 Å². The molecule has 29 heavy (non-hydrogen) atoms. The van der Waals surface area contributed by atoms with Gasteiger partial charge in [0.15, 0.2) is 0 Å². The number of carbonyl (C=O) groups is 1. The third kappa shape index (κ3) is 3.83. The number of Topliss-reactive ketones (excluding diaryl/α,β-unsaturated/α-hetero) is 1. The van der Waals surface area contributed by atoms with Gasteiger partial charge in [0.25, 0.3) is 0 Å². The van der Waals surface area contributed by atoms with Gasteiger partial charge in [-0.05, 0) is 75.8 Å². The van der Waals surface area contributed by atoms with Crippen LogP contribution >= 0.6 is 0 Å². The Morgan fingerprint density at radius 1 is 1.07 bits per heavy atom. The van der Waals surface area contributed by atoms with Crippen LogP contribution < -0.4 is 0 Å². The van der Waals surface area contributed by atoms with Gasteiger partial charge in [-0.2, -0.15) is 13.2 Å². The minimum absolute atomic E-state index is 0.0637. The SMILES string of the molecule is CC(=O)CCCC12CCC(c3nnc(-c4ccccc4C(F)(F)F)o3)(CC1)CC2. The van der Waals surface area contributed by atoms with E-state index >= 15 is 0 Å². The highest BCUT2D eigenvalue weighted by Crippen LogP contribution is 2.59. The van der Waals surface area contributed by atoms with E-state index in [0.717, 1.165) is 57.4 Å². The lowest BCUT2D eigenvalue weighted by molar-refractivity contribution is -0.137. The number of carbonyl (C=O) groups excluding carboxylic acids is 1. The van der Waals surface area contributed by atoms with Gasteiger partial charge in [-0.25, -0.2) is 0 Å². The van der Waals surface area contributed by atoms with Crippen molar-refractivity contribution >= 4 is 5.78 Å². The molecule has 3 fully saturated rings. The summed E-state index contributed by atoms with van der Waals surface area (Å²) in [4.78, 5) is 11.2. The molecule has 4 nitrogen and oxygen atoms in total. The lowest BCUT2D eigenvalue weighted by atomic mass is 9.52. The first-order chi connectivity index (χ1) is 13.7. The van der Waals surface area contributed by atoms with Crippen LogP contribution in [0.3, 0.4) is 0 Å². The highest BCUT2D eigenvalue weighted by molar-refractivity contribution is 5.75. The smallest absolute Gasteiger partial charge is 0.417 e. The third-order valence-corrected chi connectivity index (χ3v) is 6.98. The molecular weight excluding hydrogens is 381 g/mol. The van der Waals surface area contributed by atoms with Gasteiger partial charge in [-0.1, -0.05) is 12.1 Å². The number of benzene rings is 1. The van der Waals surface area contributed by atoms with Crippen molar-refractivity contribution in [2.75, 3.05) is 0 Å². The highest BCUT2D eigenvalue weighted by Gasteiger charge is 2.51. The minimum Gasteiger partial charge on any atom is -0.420 e. The fraction of sp³-hybridized carbons (Fsp3) is 0.591. The van der Waals surface area contributed by atoms with Gasteiger partial charge in [0.2, 0.25) is 11.8 Å². The van der Waals surface area contributed by atoms with Crippen LogP contribution in [0.25, 0.3) is 11.5 Å². The van der Waals surface area contributed by atoms with Gasteiger partial charge < -0.3 is 9.21 Å². The molecule has 1 heterocycles. The Morgan fingerprint density at radius 2 is 1.72 bits per heavy atom. The van der Waals surface area contributed by atoms with Crippen molar-refractivity contribution in [3.8, 4) is 11.5 Å². The Morgan fingerprint density at radius 3 is 2.34 bits per heavy atom. The number of nitrogens with zero attached hydrogens (tertiary/aromatic N) is 2. The second-order valence-corrected chi connectivity index (χ2v) is 8.79. The van der Waals surface area contributed by atoms with E-state index in [2.05, 4.69) is 10.2 Å². The second-order valence-electron chi connectivity index (χ2n) is 8.79. The molecule has 0 saturated heterocycles. The van der Waals surface area contributed by atoms with Crippen molar-refractivity contribution in [2.24, 2.45) is 5.41 Å².